The molecule has 0 atom stereocenters. The first kappa shape index (κ1) is 19.7. The fourth-order valence-corrected chi connectivity index (χ4v) is 3.00. The van der Waals surface area contributed by atoms with Crippen molar-refractivity contribution in [1.29, 1.82) is 0 Å². The summed E-state index contributed by atoms with van der Waals surface area (Å²) in [6, 6.07) is 15.0. The third kappa shape index (κ3) is 3.50. The molecule has 0 saturated heterocycles. The number of hydrogen-bond acceptors (Lipinski definition) is 4. The normalized spacial score (nSPS) is 11.8. The second-order valence-corrected chi connectivity index (χ2v) is 7.39. The molecule has 2 aromatic rings. The highest BCUT2D eigenvalue weighted by Crippen LogP contribution is 2.43. The molecular weight excluding hydrogens is 328 g/mol. The third-order valence-corrected chi connectivity index (χ3v) is 5.62. The Morgan fingerprint density at radius 1 is 0.615 bits per heavy atom. The average molecular weight is 354 g/mol. The standard InChI is InChI=1S/C22H26O4/c1-21(2,17-11-7-15(8-12-17)19(23)25-5)22(3,4)18-13-9-16(10-14-18)20(24)26-6/h7-14H,1-6H3. The molecule has 0 heterocycles. The van der Waals surface area contributed by atoms with Crippen LogP contribution in [0.3, 0.4) is 0 Å². The van der Waals surface area contributed by atoms with Crippen molar-refractivity contribution in [3.63, 3.8) is 0 Å². The summed E-state index contributed by atoms with van der Waals surface area (Å²) in [5, 5.41) is 0. The van der Waals surface area contributed by atoms with Gasteiger partial charge in [0.05, 0.1) is 25.3 Å². The molecule has 2 rings (SSSR count). The summed E-state index contributed by atoms with van der Waals surface area (Å²) in [4.78, 5) is 23.3. The number of carbonyl (C=O) groups is 2. The van der Waals surface area contributed by atoms with Crippen LogP contribution < -0.4 is 0 Å². The van der Waals surface area contributed by atoms with E-state index in [9.17, 15) is 9.59 Å². The first-order chi connectivity index (χ1) is 12.1. The molecule has 0 saturated carbocycles. The van der Waals surface area contributed by atoms with Crippen LogP contribution in [0.5, 0.6) is 0 Å². The second kappa shape index (κ2) is 7.32. The van der Waals surface area contributed by atoms with Gasteiger partial charge in [-0.05, 0) is 46.2 Å². The quantitative estimate of drug-likeness (QED) is 0.741. The highest BCUT2D eigenvalue weighted by Gasteiger charge is 2.39. The number of rotatable bonds is 5. The van der Waals surface area contributed by atoms with Crippen molar-refractivity contribution in [2.45, 2.75) is 38.5 Å². The molecule has 0 aliphatic heterocycles. The van der Waals surface area contributed by atoms with E-state index in [-0.39, 0.29) is 22.8 Å². The van der Waals surface area contributed by atoms with E-state index in [1.807, 2.05) is 24.3 Å². The Balaban J connectivity index is 2.36. The molecule has 0 unspecified atom stereocenters. The largest absolute Gasteiger partial charge is 0.465 e. The Kier molecular flexibility index (Phi) is 5.55. The molecule has 4 nitrogen and oxygen atoms in total. The van der Waals surface area contributed by atoms with Crippen molar-refractivity contribution in [2.75, 3.05) is 14.2 Å². The van der Waals surface area contributed by atoms with Gasteiger partial charge in [-0.1, -0.05) is 52.0 Å². The number of carbonyl (C=O) groups excluding carboxylic acids is 2. The smallest absolute Gasteiger partial charge is 0.337 e. The lowest BCUT2D eigenvalue weighted by Crippen LogP contribution is -2.40. The Morgan fingerprint density at radius 3 is 1.12 bits per heavy atom. The third-order valence-electron chi connectivity index (χ3n) is 5.62. The number of benzene rings is 2. The van der Waals surface area contributed by atoms with Crippen LogP contribution in [0, 0.1) is 0 Å². The van der Waals surface area contributed by atoms with Gasteiger partial charge < -0.3 is 9.47 Å². The van der Waals surface area contributed by atoms with E-state index < -0.39 is 0 Å². The zero-order valence-electron chi connectivity index (χ0n) is 16.3. The predicted octanol–water partition coefficient (Wildman–Crippen LogP) is 4.52. The van der Waals surface area contributed by atoms with E-state index in [4.69, 9.17) is 9.47 Å². The van der Waals surface area contributed by atoms with Crippen LogP contribution >= 0.6 is 0 Å². The molecule has 0 aromatic heterocycles. The highest BCUT2D eigenvalue weighted by atomic mass is 16.5. The van der Waals surface area contributed by atoms with Crippen LogP contribution in [0.25, 0.3) is 0 Å². The molecule has 138 valence electrons. The molecule has 0 amide bonds. The minimum Gasteiger partial charge on any atom is -0.465 e. The highest BCUT2D eigenvalue weighted by molar-refractivity contribution is 5.89. The average Bonchev–Trinajstić information content (AvgIpc) is 2.66. The van der Waals surface area contributed by atoms with E-state index >= 15 is 0 Å². The lowest BCUT2D eigenvalue weighted by Gasteiger charge is -2.43. The zero-order chi connectivity index (χ0) is 19.5. The number of hydrogen-bond donors (Lipinski definition) is 0. The van der Waals surface area contributed by atoms with Crippen molar-refractivity contribution in [3.8, 4) is 0 Å². The van der Waals surface area contributed by atoms with Gasteiger partial charge in [-0.2, -0.15) is 0 Å². The van der Waals surface area contributed by atoms with Gasteiger partial charge >= 0.3 is 11.9 Å². The fourth-order valence-electron chi connectivity index (χ4n) is 3.00. The second-order valence-electron chi connectivity index (χ2n) is 7.39. The summed E-state index contributed by atoms with van der Waals surface area (Å²) in [7, 11) is 2.75. The van der Waals surface area contributed by atoms with E-state index in [1.165, 1.54) is 14.2 Å². The van der Waals surface area contributed by atoms with Crippen LogP contribution in [0.4, 0.5) is 0 Å². The maximum atomic E-state index is 11.6. The zero-order valence-corrected chi connectivity index (χ0v) is 16.3. The van der Waals surface area contributed by atoms with Crippen molar-refractivity contribution < 1.29 is 19.1 Å². The summed E-state index contributed by atoms with van der Waals surface area (Å²) in [5.41, 5.74) is 2.88. The molecule has 2 aromatic carbocycles. The minimum absolute atomic E-state index is 0.214. The van der Waals surface area contributed by atoms with Gasteiger partial charge in [0.2, 0.25) is 0 Å². The molecule has 26 heavy (non-hydrogen) atoms. The van der Waals surface area contributed by atoms with Crippen molar-refractivity contribution in [2.24, 2.45) is 0 Å². The molecular formula is C22H26O4. The molecule has 0 spiro atoms. The van der Waals surface area contributed by atoms with Crippen molar-refractivity contribution in [3.05, 3.63) is 70.8 Å². The Labute approximate surface area is 155 Å². The van der Waals surface area contributed by atoms with Gasteiger partial charge in [-0.25, -0.2) is 9.59 Å². The summed E-state index contributed by atoms with van der Waals surface area (Å²) < 4.78 is 9.52. The number of ether oxygens (including phenoxy) is 2. The Hall–Kier alpha value is -2.62. The summed E-state index contributed by atoms with van der Waals surface area (Å²) >= 11 is 0. The van der Waals surface area contributed by atoms with Gasteiger partial charge in [-0.3, -0.25) is 0 Å². The van der Waals surface area contributed by atoms with Gasteiger partial charge in [-0.15, -0.1) is 0 Å². The van der Waals surface area contributed by atoms with E-state index in [1.54, 1.807) is 24.3 Å². The molecule has 0 N–H and O–H groups in total. The van der Waals surface area contributed by atoms with E-state index in [0.29, 0.717) is 11.1 Å². The first-order valence-electron chi connectivity index (χ1n) is 8.53. The Morgan fingerprint density at radius 2 is 0.885 bits per heavy atom. The van der Waals surface area contributed by atoms with Crippen molar-refractivity contribution in [1.82, 2.24) is 0 Å². The molecule has 0 radical (unpaired) electrons. The van der Waals surface area contributed by atoms with Crippen LogP contribution in [-0.4, -0.2) is 26.2 Å². The maximum Gasteiger partial charge on any atom is 0.337 e. The number of methoxy groups -OCH3 is 2. The van der Waals surface area contributed by atoms with Crippen LogP contribution in [0.15, 0.2) is 48.5 Å². The fraction of sp³-hybridized carbons (Fsp3) is 0.364. The first-order valence-corrected chi connectivity index (χ1v) is 8.53. The lowest BCUT2D eigenvalue weighted by atomic mass is 9.61. The Bertz CT molecular complexity index is 714. The van der Waals surface area contributed by atoms with Crippen LogP contribution in [-0.2, 0) is 20.3 Å². The predicted molar refractivity (Wildman–Crippen MR) is 102 cm³/mol. The summed E-state index contributed by atoms with van der Waals surface area (Å²) in [5.74, 6) is -0.681. The van der Waals surface area contributed by atoms with Crippen molar-refractivity contribution >= 4 is 11.9 Å². The van der Waals surface area contributed by atoms with Crippen LogP contribution in [0.1, 0.15) is 59.5 Å². The SMILES string of the molecule is COC(=O)c1ccc(C(C)(C)C(C)(C)c2ccc(C(=O)OC)cc2)cc1. The topological polar surface area (TPSA) is 52.6 Å². The summed E-state index contributed by atoms with van der Waals surface area (Å²) in [6.07, 6.45) is 0. The van der Waals surface area contributed by atoms with Gasteiger partial charge in [0.15, 0.2) is 0 Å². The molecule has 0 aliphatic rings. The monoisotopic (exact) mass is 354 g/mol. The lowest BCUT2D eigenvalue weighted by molar-refractivity contribution is 0.0591. The van der Waals surface area contributed by atoms with E-state index in [2.05, 4.69) is 27.7 Å². The summed E-state index contributed by atoms with van der Waals surface area (Å²) in [6.45, 7) is 8.70. The maximum absolute atomic E-state index is 11.6. The van der Waals surface area contributed by atoms with E-state index in [0.717, 1.165) is 11.1 Å². The number of esters is 2. The molecule has 4 heteroatoms. The van der Waals surface area contributed by atoms with Gasteiger partial charge in [0.1, 0.15) is 0 Å². The van der Waals surface area contributed by atoms with Gasteiger partial charge in [0.25, 0.3) is 0 Å². The minimum atomic E-state index is -0.341. The molecule has 0 aliphatic carbocycles. The molecule has 0 bridgehead atoms. The van der Waals surface area contributed by atoms with Crippen LogP contribution in [0.2, 0.25) is 0 Å². The van der Waals surface area contributed by atoms with Gasteiger partial charge in [0, 0.05) is 0 Å². The molecule has 0 fully saturated rings.